The van der Waals surface area contributed by atoms with Crippen LogP contribution in [0.15, 0.2) is 54.6 Å². The summed E-state index contributed by atoms with van der Waals surface area (Å²) in [6.45, 7) is 1.91. The van der Waals surface area contributed by atoms with Crippen LogP contribution in [0.5, 0.6) is 5.75 Å². The average Bonchev–Trinajstić information content (AvgIpc) is 3.62. The molecule has 166 valence electrons. The first-order valence-electron chi connectivity index (χ1n) is 10.6. The van der Waals surface area contributed by atoms with E-state index in [2.05, 4.69) is 5.32 Å². The van der Waals surface area contributed by atoms with Crippen molar-refractivity contribution < 1.29 is 23.4 Å². The third kappa shape index (κ3) is 4.97. The Labute approximate surface area is 185 Å². The van der Waals surface area contributed by atoms with Crippen molar-refractivity contribution in [1.82, 2.24) is 5.32 Å². The summed E-state index contributed by atoms with van der Waals surface area (Å²) in [7, 11) is 0. The SMILES string of the molecule is Cc1ccc(CNC(=O)c2cc(-c3cccc(F)c3CO)ccc2OCC2CC2)cc1F. The monoisotopic (exact) mass is 437 g/mol. The minimum Gasteiger partial charge on any atom is -0.492 e. The maximum absolute atomic E-state index is 14.2. The third-order valence-corrected chi connectivity index (χ3v) is 5.67. The quantitative estimate of drug-likeness (QED) is 0.512. The van der Waals surface area contributed by atoms with Crippen molar-refractivity contribution >= 4 is 5.91 Å². The molecule has 0 atom stereocenters. The van der Waals surface area contributed by atoms with E-state index in [1.54, 1.807) is 49.4 Å². The van der Waals surface area contributed by atoms with Gasteiger partial charge >= 0.3 is 0 Å². The molecule has 6 heteroatoms. The molecular weight excluding hydrogens is 412 g/mol. The molecule has 32 heavy (non-hydrogen) atoms. The summed E-state index contributed by atoms with van der Waals surface area (Å²) in [4.78, 5) is 13.0. The predicted molar refractivity (Wildman–Crippen MR) is 118 cm³/mol. The van der Waals surface area contributed by atoms with Gasteiger partial charge in [0.1, 0.15) is 17.4 Å². The van der Waals surface area contributed by atoms with E-state index in [-0.39, 0.29) is 23.8 Å². The van der Waals surface area contributed by atoms with E-state index >= 15 is 0 Å². The highest BCUT2D eigenvalue weighted by Gasteiger charge is 2.23. The lowest BCUT2D eigenvalue weighted by atomic mass is 9.97. The fraction of sp³-hybridized carbons (Fsp3) is 0.269. The van der Waals surface area contributed by atoms with Gasteiger partial charge in [-0.1, -0.05) is 30.3 Å². The summed E-state index contributed by atoms with van der Waals surface area (Å²) in [5, 5.41) is 12.4. The Balaban J connectivity index is 1.62. The number of hydrogen-bond donors (Lipinski definition) is 2. The largest absolute Gasteiger partial charge is 0.492 e. The maximum Gasteiger partial charge on any atom is 0.255 e. The molecule has 1 saturated carbocycles. The van der Waals surface area contributed by atoms with Gasteiger partial charge < -0.3 is 15.2 Å². The van der Waals surface area contributed by atoms with Crippen LogP contribution >= 0.6 is 0 Å². The van der Waals surface area contributed by atoms with Crippen molar-refractivity contribution in [3.8, 4) is 16.9 Å². The van der Waals surface area contributed by atoms with Crippen LogP contribution in [0.4, 0.5) is 8.78 Å². The lowest BCUT2D eigenvalue weighted by Gasteiger charge is -2.15. The van der Waals surface area contributed by atoms with Crippen molar-refractivity contribution in [1.29, 1.82) is 0 Å². The molecule has 0 aromatic heterocycles. The molecule has 1 amide bonds. The summed E-state index contributed by atoms with van der Waals surface area (Å²) in [5.74, 6) is -0.262. The van der Waals surface area contributed by atoms with Gasteiger partial charge in [-0.15, -0.1) is 0 Å². The summed E-state index contributed by atoms with van der Waals surface area (Å²) in [6.07, 6.45) is 2.23. The number of rotatable bonds is 8. The van der Waals surface area contributed by atoms with E-state index in [1.165, 1.54) is 12.1 Å². The molecule has 0 spiro atoms. The lowest BCUT2D eigenvalue weighted by molar-refractivity contribution is 0.0946. The summed E-state index contributed by atoms with van der Waals surface area (Å²) < 4.78 is 33.9. The number of benzene rings is 3. The second kappa shape index (κ2) is 9.49. The van der Waals surface area contributed by atoms with Gasteiger partial charge in [0.05, 0.1) is 18.8 Å². The minimum atomic E-state index is -0.508. The molecule has 2 N–H and O–H groups in total. The molecule has 0 aliphatic heterocycles. The van der Waals surface area contributed by atoms with Crippen LogP contribution in [0, 0.1) is 24.5 Å². The van der Waals surface area contributed by atoms with E-state index in [1.807, 2.05) is 0 Å². The summed E-state index contributed by atoms with van der Waals surface area (Å²) >= 11 is 0. The zero-order valence-electron chi connectivity index (χ0n) is 17.8. The maximum atomic E-state index is 14.2. The van der Waals surface area contributed by atoms with E-state index in [9.17, 15) is 18.7 Å². The van der Waals surface area contributed by atoms with Crippen molar-refractivity contribution in [3.63, 3.8) is 0 Å². The van der Waals surface area contributed by atoms with E-state index in [0.29, 0.717) is 46.1 Å². The molecule has 0 bridgehead atoms. The van der Waals surface area contributed by atoms with Gasteiger partial charge in [0, 0.05) is 12.1 Å². The number of aliphatic hydroxyl groups is 1. The van der Waals surface area contributed by atoms with Crippen LogP contribution in [-0.4, -0.2) is 17.6 Å². The highest BCUT2D eigenvalue weighted by molar-refractivity contribution is 5.98. The van der Waals surface area contributed by atoms with Crippen LogP contribution in [0.25, 0.3) is 11.1 Å². The fourth-order valence-electron chi connectivity index (χ4n) is 3.51. The molecule has 1 fully saturated rings. The van der Waals surface area contributed by atoms with Gasteiger partial charge in [-0.3, -0.25) is 4.79 Å². The number of carbonyl (C=O) groups is 1. The molecule has 0 saturated heterocycles. The Morgan fingerprint density at radius 1 is 1.09 bits per heavy atom. The molecule has 1 aliphatic rings. The van der Waals surface area contributed by atoms with Crippen molar-refractivity contribution in [3.05, 3.63) is 88.5 Å². The number of halogens is 2. The Hall–Kier alpha value is -3.25. The Morgan fingerprint density at radius 3 is 2.62 bits per heavy atom. The van der Waals surface area contributed by atoms with Crippen LogP contribution in [-0.2, 0) is 13.2 Å². The minimum absolute atomic E-state index is 0.157. The first kappa shape index (κ1) is 22.0. The zero-order chi connectivity index (χ0) is 22.7. The zero-order valence-corrected chi connectivity index (χ0v) is 17.8. The topological polar surface area (TPSA) is 58.6 Å². The van der Waals surface area contributed by atoms with Crippen molar-refractivity contribution in [2.75, 3.05) is 6.61 Å². The molecule has 3 aromatic carbocycles. The molecule has 4 nitrogen and oxygen atoms in total. The number of aryl methyl sites for hydroxylation is 1. The normalized spacial score (nSPS) is 13.1. The Bertz CT molecular complexity index is 1140. The van der Waals surface area contributed by atoms with Gasteiger partial charge in [-0.2, -0.15) is 0 Å². The number of hydrogen-bond acceptors (Lipinski definition) is 3. The number of aliphatic hydroxyl groups excluding tert-OH is 1. The summed E-state index contributed by atoms with van der Waals surface area (Å²) in [5.41, 5.74) is 2.77. The Morgan fingerprint density at radius 2 is 1.91 bits per heavy atom. The average molecular weight is 437 g/mol. The van der Waals surface area contributed by atoms with E-state index in [4.69, 9.17) is 4.74 Å². The molecule has 0 heterocycles. The molecule has 1 aliphatic carbocycles. The lowest BCUT2D eigenvalue weighted by Crippen LogP contribution is -2.24. The number of nitrogens with one attached hydrogen (secondary N) is 1. The van der Waals surface area contributed by atoms with Gasteiger partial charge in [-0.05, 0) is 72.2 Å². The van der Waals surface area contributed by atoms with Crippen LogP contribution in [0.1, 0.15) is 39.9 Å². The van der Waals surface area contributed by atoms with Crippen LogP contribution in [0.2, 0.25) is 0 Å². The number of carbonyl (C=O) groups excluding carboxylic acids is 1. The molecule has 0 radical (unpaired) electrons. The standard InChI is InChI=1S/C26H25F2NO3/c1-16-5-6-18(11-24(16)28)13-29-26(31)21-12-19(9-10-25(21)32-15-17-7-8-17)20-3-2-4-23(27)22(20)14-30/h2-6,9-12,17,30H,7-8,13-15H2,1H3,(H,29,31). The molecular formula is C26H25F2NO3. The van der Waals surface area contributed by atoms with Crippen LogP contribution in [0.3, 0.4) is 0 Å². The van der Waals surface area contributed by atoms with Crippen molar-refractivity contribution in [2.24, 2.45) is 5.92 Å². The molecule has 0 unspecified atom stereocenters. The van der Waals surface area contributed by atoms with Gasteiger partial charge in [-0.25, -0.2) is 8.78 Å². The number of amides is 1. The second-order valence-corrected chi connectivity index (χ2v) is 8.16. The molecule has 3 aromatic rings. The highest BCUT2D eigenvalue weighted by atomic mass is 19.1. The second-order valence-electron chi connectivity index (χ2n) is 8.16. The van der Waals surface area contributed by atoms with Crippen molar-refractivity contribution in [2.45, 2.75) is 32.9 Å². The van der Waals surface area contributed by atoms with Gasteiger partial charge in [0.2, 0.25) is 0 Å². The smallest absolute Gasteiger partial charge is 0.255 e. The fourth-order valence-corrected chi connectivity index (χ4v) is 3.51. The number of ether oxygens (including phenoxy) is 1. The predicted octanol–water partition coefficient (Wildman–Crippen LogP) is 5.15. The van der Waals surface area contributed by atoms with E-state index in [0.717, 1.165) is 12.8 Å². The first-order valence-corrected chi connectivity index (χ1v) is 10.6. The Kier molecular flexibility index (Phi) is 6.51. The third-order valence-electron chi connectivity index (χ3n) is 5.67. The van der Waals surface area contributed by atoms with Crippen LogP contribution < -0.4 is 10.1 Å². The van der Waals surface area contributed by atoms with E-state index < -0.39 is 12.4 Å². The van der Waals surface area contributed by atoms with Gasteiger partial charge in [0.15, 0.2) is 0 Å². The first-order chi connectivity index (χ1) is 15.5. The van der Waals surface area contributed by atoms with Gasteiger partial charge in [0.25, 0.3) is 5.91 Å². The summed E-state index contributed by atoms with van der Waals surface area (Å²) in [6, 6.07) is 14.5. The highest BCUT2D eigenvalue weighted by Crippen LogP contribution is 2.33. The molecule has 4 rings (SSSR count).